The Balaban J connectivity index is 2.10. The van der Waals surface area contributed by atoms with Crippen molar-refractivity contribution in [3.8, 4) is 5.75 Å². The Bertz CT molecular complexity index is 578. The first-order valence-electron chi connectivity index (χ1n) is 6.20. The molecule has 0 saturated heterocycles. The summed E-state index contributed by atoms with van der Waals surface area (Å²) < 4.78 is 5.40. The van der Waals surface area contributed by atoms with E-state index in [4.69, 9.17) is 39.5 Å². The first kappa shape index (κ1) is 15.3. The third kappa shape index (κ3) is 3.95. The normalized spacial score (nSPS) is 10.4. The van der Waals surface area contributed by atoms with Crippen molar-refractivity contribution < 1.29 is 4.74 Å². The number of benzene rings is 2. The number of anilines is 1. The number of rotatable bonds is 5. The van der Waals surface area contributed by atoms with Gasteiger partial charge in [-0.15, -0.1) is 0 Å². The Morgan fingerprint density at radius 3 is 2.35 bits per heavy atom. The Hall–Kier alpha value is -1.09. The third-order valence-electron chi connectivity index (χ3n) is 2.67. The molecule has 1 N–H and O–H groups in total. The Morgan fingerprint density at radius 2 is 1.75 bits per heavy atom. The molecule has 0 aliphatic heterocycles. The summed E-state index contributed by atoms with van der Waals surface area (Å²) >= 11 is 18.3. The van der Waals surface area contributed by atoms with E-state index in [1.54, 1.807) is 0 Å². The molecule has 0 aromatic heterocycles. The Labute approximate surface area is 133 Å². The van der Waals surface area contributed by atoms with Gasteiger partial charge in [-0.1, -0.05) is 40.9 Å². The monoisotopic (exact) mass is 329 g/mol. The van der Waals surface area contributed by atoms with Crippen molar-refractivity contribution in [2.45, 2.75) is 13.5 Å². The van der Waals surface area contributed by atoms with E-state index in [2.05, 4.69) is 5.32 Å². The molecule has 106 valence electrons. The number of hydrogen-bond donors (Lipinski definition) is 1. The molecule has 0 spiro atoms. The fourth-order valence-corrected chi connectivity index (χ4v) is 2.63. The first-order valence-corrected chi connectivity index (χ1v) is 7.33. The second-order valence-electron chi connectivity index (χ2n) is 4.19. The lowest BCUT2D eigenvalue weighted by Crippen LogP contribution is -2.00. The molecule has 2 aromatic carbocycles. The predicted molar refractivity (Wildman–Crippen MR) is 86.4 cm³/mol. The average molecular weight is 331 g/mol. The van der Waals surface area contributed by atoms with Crippen molar-refractivity contribution in [1.29, 1.82) is 0 Å². The summed E-state index contributed by atoms with van der Waals surface area (Å²) in [5.41, 5.74) is 1.92. The molecule has 0 saturated carbocycles. The highest BCUT2D eigenvalue weighted by atomic mass is 35.5. The molecule has 0 radical (unpaired) electrons. The van der Waals surface area contributed by atoms with Crippen molar-refractivity contribution in [3.63, 3.8) is 0 Å². The summed E-state index contributed by atoms with van der Waals surface area (Å²) in [6.45, 7) is 3.02. The summed E-state index contributed by atoms with van der Waals surface area (Å²) in [7, 11) is 0. The molecular weight excluding hydrogens is 317 g/mol. The molecule has 2 nitrogen and oxygen atoms in total. The topological polar surface area (TPSA) is 21.3 Å². The molecule has 2 rings (SSSR count). The predicted octanol–water partition coefficient (Wildman–Crippen LogP) is 5.66. The maximum Gasteiger partial charge on any atom is 0.156 e. The maximum atomic E-state index is 6.16. The minimum Gasteiger partial charge on any atom is -0.491 e. The molecule has 20 heavy (non-hydrogen) atoms. The average Bonchev–Trinajstić information content (AvgIpc) is 2.41. The molecule has 0 fully saturated rings. The van der Waals surface area contributed by atoms with Crippen LogP contribution in [0.1, 0.15) is 12.5 Å². The van der Waals surface area contributed by atoms with Gasteiger partial charge < -0.3 is 10.1 Å². The van der Waals surface area contributed by atoms with Crippen LogP contribution in [0.5, 0.6) is 5.75 Å². The van der Waals surface area contributed by atoms with Crippen molar-refractivity contribution in [2.75, 3.05) is 11.9 Å². The van der Waals surface area contributed by atoms with Crippen LogP contribution in [0.15, 0.2) is 36.4 Å². The van der Waals surface area contributed by atoms with Crippen LogP contribution in [0.3, 0.4) is 0 Å². The summed E-state index contributed by atoms with van der Waals surface area (Å²) in [6, 6.07) is 11.2. The lowest BCUT2D eigenvalue weighted by molar-refractivity contribution is 0.340. The maximum absolute atomic E-state index is 6.16. The SMILES string of the molecule is CCOc1c(Cl)cc(CNc2cccc(Cl)c2)cc1Cl. The molecule has 5 heteroatoms. The van der Waals surface area contributed by atoms with Gasteiger partial charge in [0.15, 0.2) is 5.75 Å². The minimum atomic E-state index is 0.516. The highest BCUT2D eigenvalue weighted by Gasteiger charge is 2.09. The summed E-state index contributed by atoms with van der Waals surface area (Å²) in [5, 5.41) is 4.99. The van der Waals surface area contributed by atoms with Gasteiger partial charge in [-0.25, -0.2) is 0 Å². The smallest absolute Gasteiger partial charge is 0.156 e. The van der Waals surface area contributed by atoms with E-state index in [1.807, 2.05) is 43.3 Å². The number of nitrogens with one attached hydrogen (secondary N) is 1. The molecule has 0 aliphatic carbocycles. The van der Waals surface area contributed by atoms with Crippen LogP contribution in [-0.2, 0) is 6.54 Å². The van der Waals surface area contributed by atoms with Gasteiger partial charge in [0, 0.05) is 17.3 Å². The van der Waals surface area contributed by atoms with Crippen LogP contribution >= 0.6 is 34.8 Å². The van der Waals surface area contributed by atoms with Crippen molar-refractivity contribution >= 4 is 40.5 Å². The summed E-state index contributed by atoms with van der Waals surface area (Å²) in [5.74, 6) is 0.530. The van der Waals surface area contributed by atoms with E-state index in [1.165, 1.54) is 0 Å². The fourth-order valence-electron chi connectivity index (χ4n) is 1.80. The van der Waals surface area contributed by atoms with Crippen LogP contribution < -0.4 is 10.1 Å². The second kappa shape index (κ2) is 7.07. The fraction of sp³-hybridized carbons (Fsp3) is 0.200. The van der Waals surface area contributed by atoms with E-state index < -0.39 is 0 Å². The highest BCUT2D eigenvalue weighted by Crippen LogP contribution is 2.34. The Kier molecular flexibility index (Phi) is 5.41. The van der Waals surface area contributed by atoms with Gasteiger partial charge in [0.2, 0.25) is 0 Å². The van der Waals surface area contributed by atoms with Gasteiger partial charge in [-0.2, -0.15) is 0 Å². The molecule has 0 atom stereocenters. The van der Waals surface area contributed by atoms with E-state index in [-0.39, 0.29) is 0 Å². The number of hydrogen-bond acceptors (Lipinski definition) is 2. The van der Waals surface area contributed by atoms with Crippen LogP contribution in [0, 0.1) is 0 Å². The van der Waals surface area contributed by atoms with Gasteiger partial charge in [0.1, 0.15) is 0 Å². The summed E-state index contributed by atoms with van der Waals surface area (Å²) in [4.78, 5) is 0. The van der Waals surface area contributed by atoms with Gasteiger partial charge in [-0.3, -0.25) is 0 Å². The lowest BCUT2D eigenvalue weighted by atomic mass is 10.2. The van der Waals surface area contributed by atoms with Crippen molar-refractivity contribution in [2.24, 2.45) is 0 Å². The van der Waals surface area contributed by atoms with E-state index in [0.717, 1.165) is 11.3 Å². The molecule has 0 aliphatic rings. The van der Waals surface area contributed by atoms with Crippen LogP contribution in [-0.4, -0.2) is 6.61 Å². The molecule has 2 aromatic rings. The number of ether oxygens (including phenoxy) is 1. The zero-order chi connectivity index (χ0) is 14.5. The van der Waals surface area contributed by atoms with Crippen LogP contribution in [0.2, 0.25) is 15.1 Å². The summed E-state index contributed by atoms with van der Waals surface area (Å²) in [6.07, 6.45) is 0. The van der Waals surface area contributed by atoms with Crippen LogP contribution in [0.4, 0.5) is 5.69 Å². The van der Waals surface area contributed by atoms with Gasteiger partial charge in [0.05, 0.1) is 16.7 Å². The molecule has 0 unspecified atom stereocenters. The Morgan fingerprint density at radius 1 is 1.05 bits per heavy atom. The second-order valence-corrected chi connectivity index (χ2v) is 5.44. The van der Waals surface area contributed by atoms with Crippen LogP contribution in [0.25, 0.3) is 0 Å². The standard InChI is InChI=1S/C15H14Cl3NO/c1-2-20-15-13(17)6-10(7-14(15)18)9-19-12-5-3-4-11(16)8-12/h3-8,19H,2,9H2,1H3. The zero-order valence-electron chi connectivity index (χ0n) is 10.9. The first-order chi connectivity index (χ1) is 9.60. The molecule has 0 bridgehead atoms. The van der Waals surface area contributed by atoms with E-state index in [9.17, 15) is 0 Å². The minimum absolute atomic E-state index is 0.516. The zero-order valence-corrected chi connectivity index (χ0v) is 13.2. The highest BCUT2D eigenvalue weighted by molar-refractivity contribution is 6.37. The van der Waals surface area contributed by atoms with Gasteiger partial charge >= 0.3 is 0 Å². The molecule has 0 amide bonds. The van der Waals surface area contributed by atoms with Crippen molar-refractivity contribution in [1.82, 2.24) is 0 Å². The molecular formula is C15H14Cl3NO. The largest absolute Gasteiger partial charge is 0.491 e. The lowest BCUT2D eigenvalue weighted by Gasteiger charge is -2.11. The quantitative estimate of drug-likeness (QED) is 0.764. The van der Waals surface area contributed by atoms with E-state index >= 15 is 0 Å². The van der Waals surface area contributed by atoms with Crippen molar-refractivity contribution in [3.05, 3.63) is 57.0 Å². The third-order valence-corrected chi connectivity index (χ3v) is 3.46. The van der Waals surface area contributed by atoms with Gasteiger partial charge in [0.25, 0.3) is 0 Å². The number of halogens is 3. The van der Waals surface area contributed by atoms with Gasteiger partial charge in [-0.05, 0) is 42.8 Å². The molecule has 0 heterocycles. The van der Waals surface area contributed by atoms with E-state index in [0.29, 0.717) is 34.0 Å².